The molecule has 10 heteroatoms. The number of nitrogens with two attached hydrogens (primary N) is 1. The highest BCUT2D eigenvalue weighted by Crippen LogP contribution is 2.37. The van der Waals surface area contributed by atoms with Crippen LogP contribution in [0, 0.1) is 10.1 Å². The number of hydrogen-bond donors (Lipinski definition) is 2. The number of rotatable bonds is 4. The molecule has 0 saturated carbocycles. The maximum absolute atomic E-state index is 11.0. The standard InChI is InChI=1S/C10H7Cl2N5O3/c11-5-3-7(17(18)19)8(4-6(5)12)20-9-1-2-14-10(15-9)16-13/h1-4H,13H2,(H,14,15,16). The van der Waals surface area contributed by atoms with Crippen LogP contribution in [-0.2, 0) is 0 Å². The maximum Gasteiger partial charge on any atom is 0.313 e. The second kappa shape index (κ2) is 5.87. The van der Waals surface area contributed by atoms with Crippen molar-refractivity contribution in [3.8, 4) is 11.6 Å². The number of halogens is 2. The van der Waals surface area contributed by atoms with Gasteiger partial charge in [0.05, 0.1) is 15.0 Å². The monoisotopic (exact) mass is 315 g/mol. The van der Waals surface area contributed by atoms with Crippen molar-refractivity contribution in [1.82, 2.24) is 9.97 Å². The molecular weight excluding hydrogens is 309 g/mol. The van der Waals surface area contributed by atoms with Crippen LogP contribution in [0.3, 0.4) is 0 Å². The van der Waals surface area contributed by atoms with Gasteiger partial charge in [0, 0.05) is 24.4 Å². The van der Waals surface area contributed by atoms with Gasteiger partial charge in [0.15, 0.2) is 0 Å². The average Bonchev–Trinajstić information content (AvgIpc) is 2.42. The van der Waals surface area contributed by atoms with Crippen LogP contribution in [0.25, 0.3) is 0 Å². The number of nitrogens with zero attached hydrogens (tertiary/aromatic N) is 3. The van der Waals surface area contributed by atoms with Gasteiger partial charge < -0.3 is 4.74 Å². The van der Waals surface area contributed by atoms with E-state index in [1.807, 2.05) is 0 Å². The van der Waals surface area contributed by atoms with Gasteiger partial charge in [-0.25, -0.2) is 10.8 Å². The summed E-state index contributed by atoms with van der Waals surface area (Å²) in [6.07, 6.45) is 1.38. The molecule has 2 aromatic rings. The normalized spacial score (nSPS) is 10.2. The van der Waals surface area contributed by atoms with Crippen molar-refractivity contribution >= 4 is 34.8 Å². The van der Waals surface area contributed by atoms with Crippen LogP contribution >= 0.6 is 23.2 Å². The molecule has 0 fully saturated rings. The van der Waals surface area contributed by atoms with E-state index in [4.69, 9.17) is 33.8 Å². The van der Waals surface area contributed by atoms with Gasteiger partial charge in [0.2, 0.25) is 17.6 Å². The van der Waals surface area contributed by atoms with Gasteiger partial charge in [-0.2, -0.15) is 4.98 Å². The molecular formula is C10H7Cl2N5O3. The van der Waals surface area contributed by atoms with E-state index in [0.29, 0.717) is 0 Å². The minimum atomic E-state index is -0.638. The lowest BCUT2D eigenvalue weighted by atomic mass is 10.3. The van der Waals surface area contributed by atoms with Crippen LogP contribution < -0.4 is 16.0 Å². The molecule has 3 N–H and O–H groups in total. The van der Waals surface area contributed by atoms with E-state index in [2.05, 4.69) is 15.4 Å². The molecule has 0 saturated heterocycles. The Bertz CT molecular complexity index is 667. The third-order valence-electron chi connectivity index (χ3n) is 2.17. The Morgan fingerprint density at radius 1 is 1.35 bits per heavy atom. The van der Waals surface area contributed by atoms with Crippen molar-refractivity contribution in [2.45, 2.75) is 0 Å². The van der Waals surface area contributed by atoms with Crippen molar-refractivity contribution in [1.29, 1.82) is 0 Å². The number of nitro benzene ring substituents is 1. The molecule has 1 aromatic heterocycles. The first kappa shape index (κ1) is 14.3. The molecule has 1 aromatic carbocycles. The largest absolute Gasteiger partial charge is 0.432 e. The number of nitrogen functional groups attached to an aromatic ring is 1. The second-order valence-corrected chi connectivity index (χ2v) is 4.27. The maximum atomic E-state index is 11.0. The summed E-state index contributed by atoms with van der Waals surface area (Å²) in [5.74, 6) is 5.23. The van der Waals surface area contributed by atoms with Crippen LogP contribution in [0.4, 0.5) is 11.6 Å². The van der Waals surface area contributed by atoms with Crippen LogP contribution in [0.2, 0.25) is 10.0 Å². The number of hydrazine groups is 1. The van der Waals surface area contributed by atoms with E-state index >= 15 is 0 Å². The van der Waals surface area contributed by atoms with Crippen molar-refractivity contribution in [3.05, 3.63) is 44.6 Å². The fourth-order valence-electron chi connectivity index (χ4n) is 1.32. The number of hydrogen-bond acceptors (Lipinski definition) is 7. The SMILES string of the molecule is NNc1nccc(Oc2cc(Cl)c(Cl)cc2[N+](=O)[O-])n1. The third kappa shape index (κ3) is 3.05. The molecule has 0 unspecified atom stereocenters. The van der Waals surface area contributed by atoms with E-state index in [-0.39, 0.29) is 33.3 Å². The van der Waals surface area contributed by atoms with Gasteiger partial charge in [-0.05, 0) is 0 Å². The molecule has 0 bridgehead atoms. The summed E-state index contributed by atoms with van der Waals surface area (Å²) in [4.78, 5) is 18.0. The predicted octanol–water partition coefficient (Wildman–Crippen LogP) is 2.77. The third-order valence-corrected chi connectivity index (χ3v) is 2.89. The Morgan fingerprint density at radius 3 is 2.70 bits per heavy atom. The number of benzene rings is 1. The molecule has 1 heterocycles. The van der Waals surface area contributed by atoms with Crippen molar-refractivity contribution in [3.63, 3.8) is 0 Å². The van der Waals surface area contributed by atoms with Crippen molar-refractivity contribution in [2.24, 2.45) is 5.84 Å². The Kier molecular flexibility index (Phi) is 4.18. The smallest absolute Gasteiger partial charge is 0.313 e. The summed E-state index contributed by atoms with van der Waals surface area (Å²) < 4.78 is 5.32. The highest BCUT2D eigenvalue weighted by atomic mass is 35.5. The van der Waals surface area contributed by atoms with E-state index in [0.717, 1.165) is 6.07 Å². The summed E-state index contributed by atoms with van der Waals surface area (Å²) >= 11 is 11.6. The van der Waals surface area contributed by atoms with Crippen molar-refractivity contribution in [2.75, 3.05) is 5.43 Å². The molecule has 0 aliphatic carbocycles. The van der Waals surface area contributed by atoms with Crippen LogP contribution in [0.1, 0.15) is 0 Å². The minimum Gasteiger partial charge on any atom is -0.432 e. The molecule has 0 amide bonds. The molecule has 0 spiro atoms. The second-order valence-electron chi connectivity index (χ2n) is 3.46. The van der Waals surface area contributed by atoms with E-state index in [1.165, 1.54) is 18.3 Å². The lowest BCUT2D eigenvalue weighted by molar-refractivity contribution is -0.385. The molecule has 0 atom stereocenters. The van der Waals surface area contributed by atoms with Gasteiger partial charge in [0.1, 0.15) is 0 Å². The molecule has 0 radical (unpaired) electrons. The van der Waals surface area contributed by atoms with E-state index in [1.54, 1.807) is 0 Å². The summed E-state index contributed by atoms with van der Waals surface area (Å²) in [6.45, 7) is 0. The fraction of sp³-hybridized carbons (Fsp3) is 0. The molecule has 2 rings (SSSR count). The average molecular weight is 316 g/mol. The molecule has 20 heavy (non-hydrogen) atoms. The Balaban J connectivity index is 2.41. The number of ether oxygens (including phenoxy) is 1. The predicted molar refractivity (Wildman–Crippen MR) is 73.0 cm³/mol. The molecule has 0 aliphatic rings. The lowest BCUT2D eigenvalue weighted by Crippen LogP contribution is -2.10. The van der Waals surface area contributed by atoms with Gasteiger partial charge in [-0.1, -0.05) is 23.2 Å². The molecule has 0 aliphatic heterocycles. The Labute approximate surface area is 122 Å². The first-order valence-electron chi connectivity index (χ1n) is 5.12. The van der Waals surface area contributed by atoms with Gasteiger partial charge >= 0.3 is 5.69 Å². The molecule has 8 nitrogen and oxygen atoms in total. The van der Waals surface area contributed by atoms with Crippen molar-refractivity contribution < 1.29 is 9.66 Å². The number of nitrogens with one attached hydrogen (secondary N) is 1. The number of nitro groups is 1. The summed E-state index contributed by atoms with van der Waals surface area (Å²) in [5.41, 5.74) is 1.89. The van der Waals surface area contributed by atoms with Crippen LogP contribution in [-0.4, -0.2) is 14.9 Å². The summed E-state index contributed by atoms with van der Waals surface area (Å²) in [5, 5.41) is 11.1. The Hall–Kier alpha value is -2.16. The summed E-state index contributed by atoms with van der Waals surface area (Å²) in [7, 11) is 0. The first-order chi connectivity index (χ1) is 9.51. The first-order valence-corrected chi connectivity index (χ1v) is 5.88. The van der Waals surface area contributed by atoms with Crippen LogP contribution in [0.5, 0.6) is 11.6 Å². The number of anilines is 1. The van der Waals surface area contributed by atoms with E-state index < -0.39 is 4.92 Å². The minimum absolute atomic E-state index is 0.0534. The molecule has 104 valence electrons. The van der Waals surface area contributed by atoms with Gasteiger partial charge in [0.25, 0.3) is 0 Å². The zero-order valence-electron chi connectivity index (χ0n) is 9.71. The van der Waals surface area contributed by atoms with Crippen LogP contribution in [0.15, 0.2) is 24.4 Å². The number of aromatic nitrogens is 2. The quantitative estimate of drug-likeness (QED) is 0.506. The highest BCUT2D eigenvalue weighted by molar-refractivity contribution is 6.42. The zero-order chi connectivity index (χ0) is 14.7. The highest BCUT2D eigenvalue weighted by Gasteiger charge is 2.19. The van der Waals surface area contributed by atoms with Gasteiger partial charge in [-0.15, -0.1) is 0 Å². The van der Waals surface area contributed by atoms with E-state index in [9.17, 15) is 10.1 Å². The Morgan fingerprint density at radius 2 is 2.05 bits per heavy atom. The van der Waals surface area contributed by atoms with Gasteiger partial charge in [-0.3, -0.25) is 15.5 Å². The fourth-order valence-corrected chi connectivity index (χ4v) is 1.64. The summed E-state index contributed by atoms with van der Waals surface area (Å²) in [6, 6.07) is 3.75. The lowest BCUT2D eigenvalue weighted by Gasteiger charge is -2.07. The topological polar surface area (TPSA) is 116 Å². The zero-order valence-corrected chi connectivity index (χ0v) is 11.2.